The van der Waals surface area contributed by atoms with Gasteiger partial charge in [-0.05, 0) is 45.0 Å². The van der Waals surface area contributed by atoms with E-state index in [9.17, 15) is 14.4 Å². The molecule has 0 unspecified atom stereocenters. The molecule has 0 bridgehead atoms. The number of benzene rings is 1. The van der Waals surface area contributed by atoms with Gasteiger partial charge in [0.2, 0.25) is 0 Å². The molecule has 2 rings (SSSR count). The summed E-state index contributed by atoms with van der Waals surface area (Å²) < 4.78 is 3.73. The molecule has 0 radical (unpaired) electrons. The highest BCUT2D eigenvalue weighted by Crippen LogP contribution is 2.64. The van der Waals surface area contributed by atoms with Crippen molar-refractivity contribution >= 4 is 46.7 Å². The lowest BCUT2D eigenvalue weighted by molar-refractivity contribution is -0.153. The number of hydrogen-bond acceptors (Lipinski definition) is 5. The number of carbonyl (C=O) groups excluding carboxylic acids is 3. The Hall–Kier alpha value is -1.99. The maximum Gasteiger partial charge on any atom is 0.315 e. The first-order valence-corrected chi connectivity index (χ1v) is 9.39. The Morgan fingerprint density at radius 2 is 1.67 bits per heavy atom. The highest BCUT2D eigenvalue weighted by Gasteiger charge is 2.69. The van der Waals surface area contributed by atoms with E-state index in [4.69, 9.17) is 27.9 Å². The maximum absolute atomic E-state index is 12.1. The number of halogens is 2. The molecule has 1 fully saturated rings. The van der Waals surface area contributed by atoms with Gasteiger partial charge in [0, 0.05) is 30.8 Å². The number of anilines is 1. The average Bonchev–Trinajstić information content (AvgIpc) is 3.18. The van der Waals surface area contributed by atoms with Crippen molar-refractivity contribution in [1.29, 1.82) is 0 Å². The number of nitrogens with zero attached hydrogens (tertiary/aromatic N) is 1. The van der Waals surface area contributed by atoms with Crippen molar-refractivity contribution in [1.82, 2.24) is 10.9 Å². The Bertz CT molecular complexity index is 720. The van der Waals surface area contributed by atoms with Gasteiger partial charge in [-0.25, -0.2) is 0 Å². The minimum atomic E-state index is -1.16. The van der Waals surface area contributed by atoms with Gasteiger partial charge in [-0.15, -0.1) is 23.2 Å². The number of ether oxygens (including phenoxy) is 1. The minimum Gasteiger partial charge on any atom is -0.455 e. The summed E-state index contributed by atoms with van der Waals surface area (Å²) in [6.07, 6.45) is 0.268. The van der Waals surface area contributed by atoms with E-state index in [1.165, 1.54) is 0 Å². The number of amides is 2. The van der Waals surface area contributed by atoms with Crippen molar-refractivity contribution < 1.29 is 19.1 Å². The Labute approximate surface area is 168 Å². The summed E-state index contributed by atoms with van der Waals surface area (Å²) in [7, 11) is 0. The molecule has 0 aromatic heterocycles. The summed E-state index contributed by atoms with van der Waals surface area (Å²) in [5.41, 5.74) is 4.86. The molecule has 1 aromatic carbocycles. The van der Waals surface area contributed by atoms with Crippen molar-refractivity contribution in [2.24, 2.45) is 5.41 Å². The number of hydrazine groups is 1. The fourth-order valence-corrected chi connectivity index (χ4v) is 3.25. The summed E-state index contributed by atoms with van der Waals surface area (Å²) in [5.74, 6) is -1.80. The number of carbonyl (C=O) groups is 3. The molecule has 9 heteroatoms. The first-order chi connectivity index (χ1) is 12.6. The van der Waals surface area contributed by atoms with Crippen LogP contribution in [0.15, 0.2) is 24.3 Å². The van der Waals surface area contributed by atoms with Crippen LogP contribution in [-0.2, 0) is 14.3 Å². The topological polar surface area (TPSA) is 87.7 Å². The summed E-state index contributed by atoms with van der Waals surface area (Å²) >= 11 is 11.8. The smallest absolute Gasteiger partial charge is 0.315 e. The molecule has 0 heterocycles. The normalized spacial score (nSPS) is 19.7. The maximum atomic E-state index is 12.1. The zero-order valence-electron chi connectivity index (χ0n) is 15.5. The van der Waals surface area contributed by atoms with Gasteiger partial charge in [0.15, 0.2) is 6.61 Å². The lowest BCUT2D eigenvalue weighted by Crippen LogP contribution is -2.44. The lowest BCUT2D eigenvalue weighted by atomic mass is 10.1. The zero-order valence-corrected chi connectivity index (χ0v) is 17.0. The molecule has 1 saturated carbocycles. The van der Waals surface area contributed by atoms with Crippen molar-refractivity contribution in [3.63, 3.8) is 0 Å². The largest absolute Gasteiger partial charge is 0.455 e. The molecule has 148 valence electrons. The number of nitrogens with one attached hydrogen (secondary N) is 2. The van der Waals surface area contributed by atoms with Crippen LogP contribution in [-0.4, -0.2) is 41.8 Å². The molecule has 2 N–H and O–H groups in total. The molecule has 0 saturated heterocycles. The SMILES string of the molecule is CCN(CC)c1ccc(C(=O)NNC(=O)COC(=O)[C@]2(C)CC2(Cl)Cl)cc1. The molecule has 7 nitrogen and oxygen atoms in total. The van der Waals surface area contributed by atoms with Crippen LogP contribution in [0.4, 0.5) is 5.69 Å². The van der Waals surface area contributed by atoms with Crippen LogP contribution in [0.3, 0.4) is 0 Å². The van der Waals surface area contributed by atoms with Crippen LogP contribution < -0.4 is 15.8 Å². The lowest BCUT2D eigenvalue weighted by Gasteiger charge is -2.21. The highest BCUT2D eigenvalue weighted by molar-refractivity contribution is 6.53. The van der Waals surface area contributed by atoms with Gasteiger partial charge in [0.05, 0.1) is 0 Å². The first kappa shape index (κ1) is 21.3. The number of hydrogen-bond donors (Lipinski definition) is 2. The molecule has 0 aliphatic heterocycles. The Morgan fingerprint density at radius 3 is 2.15 bits per heavy atom. The van der Waals surface area contributed by atoms with Gasteiger partial charge in [0.25, 0.3) is 11.8 Å². The second-order valence-electron chi connectivity index (χ2n) is 6.51. The number of esters is 1. The van der Waals surface area contributed by atoms with E-state index in [2.05, 4.69) is 29.6 Å². The van der Waals surface area contributed by atoms with Gasteiger partial charge < -0.3 is 9.64 Å². The fourth-order valence-electron chi connectivity index (χ4n) is 2.56. The van der Waals surface area contributed by atoms with Crippen molar-refractivity contribution in [3.05, 3.63) is 29.8 Å². The van der Waals surface area contributed by atoms with E-state index in [1.54, 1.807) is 19.1 Å². The minimum absolute atomic E-state index is 0.268. The standard InChI is InChI=1S/C18H23Cl2N3O4/c1-4-23(5-2)13-8-6-12(7-9-13)15(25)22-21-14(24)10-27-16(26)17(3)11-18(17,19)20/h6-9H,4-5,10-11H2,1-3H3,(H,21,24)(H,22,25)/t17-/m0/s1. The van der Waals surface area contributed by atoms with E-state index in [-0.39, 0.29) is 6.42 Å². The van der Waals surface area contributed by atoms with Crippen LogP contribution in [0.1, 0.15) is 37.6 Å². The van der Waals surface area contributed by atoms with E-state index < -0.39 is 34.1 Å². The molecule has 1 aromatic rings. The second-order valence-corrected chi connectivity index (χ2v) is 7.99. The molecule has 1 aliphatic rings. The van der Waals surface area contributed by atoms with Gasteiger partial charge in [0.1, 0.15) is 9.75 Å². The third kappa shape index (κ3) is 4.84. The van der Waals surface area contributed by atoms with Crippen LogP contribution >= 0.6 is 23.2 Å². The number of alkyl halides is 2. The van der Waals surface area contributed by atoms with Crippen LogP contribution in [0.5, 0.6) is 0 Å². The zero-order chi connectivity index (χ0) is 20.2. The molecule has 1 aliphatic carbocycles. The molecule has 0 spiro atoms. The summed E-state index contributed by atoms with van der Waals surface area (Å²) in [6.45, 7) is 6.86. The van der Waals surface area contributed by atoms with Crippen LogP contribution in [0.2, 0.25) is 0 Å². The van der Waals surface area contributed by atoms with Crippen molar-refractivity contribution in [2.75, 3.05) is 24.6 Å². The predicted molar refractivity (Wildman–Crippen MR) is 104 cm³/mol. The van der Waals surface area contributed by atoms with Crippen molar-refractivity contribution in [2.45, 2.75) is 31.5 Å². The van der Waals surface area contributed by atoms with E-state index in [0.717, 1.165) is 18.8 Å². The number of rotatable bonds is 7. The van der Waals surface area contributed by atoms with Gasteiger partial charge in [-0.3, -0.25) is 25.2 Å². The second kappa shape index (κ2) is 8.35. The van der Waals surface area contributed by atoms with Gasteiger partial charge in [-0.1, -0.05) is 0 Å². The Kier molecular flexibility index (Phi) is 6.59. The summed E-state index contributed by atoms with van der Waals surface area (Å²) in [4.78, 5) is 37.8. The van der Waals surface area contributed by atoms with Gasteiger partial charge in [-0.2, -0.15) is 0 Å². The fraction of sp³-hybridized carbons (Fsp3) is 0.500. The molecular weight excluding hydrogens is 393 g/mol. The van der Waals surface area contributed by atoms with Crippen LogP contribution in [0, 0.1) is 5.41 Å². The average molecular weight is 416 g/mol. The quantitative estimate of drug-likeness (QED) is 0.405. The highest BCUT2D eigenvalue weighted by atomic mass is 35.5. The Balaban J connectivity index is 1.78. The molecular formula is C18H23Cl2N3O4. The third-order valence-electron chi connectivity index (χ3n) is 4.62. The summed E-state index contributed by atoms with van der Waals surface area (Å²) in [6, 6.07) is 7.02. The monoisotopic (exact) mass is 415 g/mol. The van der Waals surface area contributed by atoms with E-state index in [1.807, 2.05) is 12.1 Å². The summed E-state index contributed by atoms with van der Waals surface area (Å²) in [5, 5.41) is 0. The third-order valence-corrected chi connectivity index (χ3v) is 5.72. The van der Waals surface area contributed by atoms with Crippen molar-refractivity contribution in [3.8, 4) is 0 Å². The predicted octanol–water partition coefficient (Wildman–Crippen LogP) is 2.42. The molecule has 1 atom stereocenters. The van der Waals surface area contributed by atoms with E-state index in [0.29, 0.717) is 5.56 Å². The Morgan fingerprint density at radius 1 is 1.11 bits per heavy atom. The van der Waals surface area contributed by atoms with Gasteiger partial charge >= 0.3 is 5.97 Å². The molecule has 27 heavy (non-hydrogen) atoms. The van der Waals surface area contributed by atoms with Crippen LogP contribution in [0.25, 0.3) is 0 Å². The first-order valence-electron chi connectivity index (χ1n) is 8.64. The molecule has 2 amide bonds. The van der Waals surface area contributed by atoms with E-state index >= 15 is 0 Å².